The van der Waals surface area contributed by atoms with Crippen molar-refractivity contribution in [2.45, 2.75) is 20.4 Å². The molecule has 0 spiro atoms. The lowest BCUT2D eigenvalue weighted by Crippen LogP contribution is -2.13. The summed E-state index contributed by atoms with van der Waals surface area (Å²) in [5, 5.41) is 15.3. The molecule has 0 radical (unpaired) electrons. The van der Waals surface area contributed by atoms with Crippen LogP contribution in [0.3, 0.4) is 0 Å². The minimum absolute atomic E-state index is 0.267. The van der Waals surface area contributed by atoms with Gasteiger partial charge in [-0.2, -0.15) is 5.10 Å². The number of carbonyl (C=O) groups is 2. The second-order valence-corrected chi connectivity index (χ2v) is 4.52. The Bertz CT molecular complexity index is 661. The summed E-state index contributed by atoms with van der Waals surface area (Å²) in [4.78, 5) is 22.6. The van der Waals surface area contributed by atoms with Crippen LogP contribution >= 0.6 is 0 Å². The number of benzene rings is 1. The van der Waals surface area contributed by atoms with Crippen molar-refractivity contribution in [1.29, 1.82) is 0 Å². The molecule has 2 N–H and O–H groups in total. The van der Waals surface area contributed by atoms with Crippen LogP contribution in [-0.4, -0.2) is 26.8 Å². The fourth-order valence-electron chi connectivity index (χ4n) is 1.79. The average Bonchev–Trinajstić information content (AvgIpc) is 2.82. The summed E-state index contributed by atoms with van der Waals surface area (Å²) in [6, 6.07) is 5.66. The van der Waals surface area contributed by atoms with Crippen LogP contribution in [0.1, 0.15) is 21.5 Å². The molecular formula is C14H15N3O3. The molecule has 1 aromatic heterocycles. The van der Waals surface area contributed by atoms with Gasteiger partial charge in [0.05, 0.1) is 11.8 Å². The molecule has 0 aliphatic carbocycles. The molecule has 0 saturated heterocycles. The first kappa shape index (κ1) is 13.8. The molecule has 2 aromatic rings. The first-order chi connectivity index (χ1) is 9.47. The quantitative estimate of drug-likeness (QED) is 0.890. The molecule has 0 aliphatic rings. The Morgan fingerprint density at radius 3 is 2.80 bits per heavy atom. The third-order valence-corrected chi connectivity index (χ3v) is 3.05. The standard InChI is InChI=1S/C14H15N3O3/c1-9-4-3-5-12(10(9)2)16-14(20)11-6-15-17(7-11)8-13(18)19/h3-7H,8H2,1-2H3,(H,16,20)(H,18,19). The zero-order chi connectivity index (χ0) is 14.7. The maximum Gasteiger partial charge on any atom is 0.325 e. The minimum Gasteiger partial charge on any atom is -0.480 e. The SMILES string of the molecule is Cc1cccc(NC(=O)c2cnn(CC(=O)O)c2)c1C. The summed E-state index contributed by atoms with van der Waals surface area (Å²) in [6.45, 7) is 3.63. The van der Waals surface area contributed by atoms with Gasteiger partial charge in [0.25, 0.3) is 5.91 Å². The Hall–Kier alpha value is -2.63. The minimum atomic E-state index is -1.01. The third-order valence-electron chi connectivity index (χ3n) is 3.05. The maximum atomic E-state index is 12.1. The van der Waals surface area contributed by atoms with Gasteiger partial charge in [-0.15, -0.1) is 0 Å². The molecule has 0 saturated carbocycles. The highest BCUT2D eigenvalue weighted by Crippen LogP contribution is 2.18. The topological polar surface area (TPSA) is 84.2 Å². The second kappa shape index (κ2) is 5.56. The van der Waals surface area contributed by atoms with Crippen LogP contribution in [0.25, 0.3) is 0 Å². The van der Waals surface area contributed by atoms with Crippen LogP contribution in [0.4, 0.5) is 5.69 Å². The number of rotatable bonds is 4. The van der Waals surface area contributed by atoms with Crippen LogP contribution in [0.5, 0.6) is 0 Å². The van der Waals surface area contributed by atoms with Crippen molar-refractivity contribution in [3.05, 3.63) is 47.3 Å². The highest BCUT2D eigenvalue weighted by molar-refractivity contribution is 6.04. The van der Waals surface area contributed by atoms with Crippen molar-refractivity contribution in [2.24, 2.45) is 0 Å². The molecule has 6 heteroatoms. The van der Waals surface area contributed by atoms with Gasteiger partial charge in [-0.3, -0.25) is 14.3 Å². The fraction of sp³-hybridized carbons (Fsp3) is 0.214. The van der Waals surface area contributed by atoms with Crippen LogP contribution in [0.15, 0.2) is 30.6 Å². The summed E-state index contributed by atoms with van der Waals surface area (Å²) in [7, 11) is 0. The van der Waals surface area contributed by atoms with Crippen LogP contribution in [-0.2, 0) is 11.3 Å². The van der Waals surface area contributed by atoms with E-state index in [1.807, 2.05) is 32.0 Å². The lowest BCUT2D eigenvalue weighted by atomic mass is 10.1. The van der Waals surface area contributed by atoms with Crippen LogP contribution in [0.2, 0.25) is 0 Å². The number of hydrogen-bond acceptors (Lipinski definition) is 3. The Morgan fingerprint density at radius 1 is 1.35 bits per heavy atom. The number of hydrogen-bond donors (Lipinski definition) is 2. The van der Waals surface area contributed by atoms with Gasteiger partial charge in [0.15, 0.2) is 0 Å². The number of carbonyl (C=O) groups excluding carboxylic acids is 1. The first-order valence-corrected chi connectivity index (χ1v) is 6.09. The largest absolute Gasteiger partial charge is 0.480 e. The number of aryl methyl sites for hydroxylation is 1. The average molecular weight is 273 g/mol. The van der Waals surface area contributed by atoms with Crippen molar-refractivity contribution in [1.82, 2.24) is 9.78 Å². The zero-order valence-electron chi connectivity index (χ0n) is 11.3. The van der Waals surface area contributed by atoms with E-state index in [0.717, 1.165) is 16.8 Å². The Morgan fingerprint density at radius 2 is 2.10 bits per heavy atom. The molecule has 0 aliphatic heterocycles. The Kier molecular flexibility index (Phi) is 3.84. The van der Waals surface area contributed by atoms with E-state index < -0.39 is 5.97 Å². The van der Waals surface area contributed by atoms with Gasteiger partial charge in [0.2, 0.25) is 0 Å². The number of amides is 1. The van der Waals surface area contributed by atoms with Gasteiger partial charge in [0, 0.05) is 11.9 Å². The van der Waals surface area contributed by atoms with Gasteiger partial charge < -0.3 is 10.4 Å². The highest BCUT2D eigenvalue weighted by Gasteiger charge is 2.11. The summed E-state index contributed by atoms with van der Waals surface area (Å²) in [5.74, 6) is -1.31. The molecule has 2 rings (SSSR count). The molecule has 0 fully saturated rings. The van der Waals surface area contributed by atoms with Crippen molar-refractivity contribution in [3.63, 3.8) is 0 Å². The lowest BCUT2D eigenvalue weighted by molar-refractivity contribution is -0.137. The molecule has 20 heavy (non-hydrogen) atoms. The normalized spacial score (nSPS) is 10.3. The van der Waals surface area contributed by atoms with Gasteiger partial charge in [-0.05, 0) is 31.0 Å². The first-order valence-electron chi connectivity index (χ1n) is 6.09. The van der Waals surface area contributed by atoms with Crippen molar-refractivity contribution < 1.29 is 14.7 Å². The van der Waals surface area contributed by atoms with Crippen molar-refractivity contribution in [3.8, 4) is 0 Å². The molecule has 0 atom stereocenters. The smallest absolute Gasteiger partial charge is 0.325 e. The molecule has 0 unspecified atom stereocenters. The molecule has 1 heterocycles. The van der Waals surface area contributed by atoms with E-state index >= 15 is 0 Å². The number of carboxylic acid groups (broad SMARTS) is 1. The number of nitrogens with one attached hydrogen (secondary N) is 1. The Labute approximate surface area is 116 Å². The van der Waals surface area contributed by atoms with E-state index in [9.17, 15) is 9.59 Å². The summed E-state index contributed by atoms with van der Waals surface area (Å²) in [5.41, 5.74) is 3.15. The lowest BCUT2D eigenvalue weighted by Gasteiger charge is -2.09. The molecule has 0 bridgehead atoms. The summed E-state index contributed by atoms with van der Waals surface area (Å²) in [6.07, 6.45) is 2.76. The number of carboxylic acids is 1. The monoisotopic (exact) mass is 273 g/mol. The fourth-order valence-corrected chi connectivity index (χ4v) is 1.79. The van der Waals surface area contributed by atoms with Gasteiger partial charge in [0.1, 0.15) is 6.54 Å². The summed E-state index contributed by atoms with van der Waals surface area (Å²) < 4.78 is 1.21. The van der Waals surface area contributed by atoms with Gasteiger partial charge in [-0.1, -0.05) is 12.1 Å². The molecule has 6 nitrogen and oxygen atoms in total. The predicted molar refractivity (Wildman–Crippen MR) is 73.7 cm³/mol. The molecule has 1 amide bonds. The molecular weight excluding hydrogens is 258 g/mol. The maximum absolute atomic E-state index is 12.1. The van der Waals surface area contributed by atoms with E-state index in [-0.39, 0.29) is 12.5 Å². The molecule has 1 aromatic carbocycles. The van der Waals surface area contributed by atoms with Crippen LogP contribution < -0.4 is 5.32 Å². The predicted octanol–water partition coefficient (Wildman–Crippen LogP) is 1.84. The van der Waals surface area contributed by atoms with E-state index in [2.05, 4.69) is 10.4 Å². The number of aliphatic carboxylic acids is 1. The number of aromatic nitrogens is 2. The number of nitrogens with zero attached hydrogens (tertiary/aromatic N) is 2. The van der Waals surface area contributed by atoms with Crippen molar-refractivity contribution in [2.75, 3.05) is 5.32 Å². The Balaban J connectivity index is 2.14. The summed E-state index contributed by atoms with van der Waals surface area (Å²) >= 11 is 0. The number of anilines is 1. The van der Waals surface area contributed by atoms with E-state index in [1.54, 1.807) is 0 Å². The zero-order valence-corrected chi connectivity index (χ0v) is 11.3. The van der Waals surface area contributed by atoms with E-state index in [0.29, 0.717) is 5.56 Å². The van der Waals surface area contributed by atoms with Gasteiger partial charge >= 0.3 is 5.97 Å². The van der Waals surface area contributed by atoms with E-state index in [1.165, 1.54) is 17.1 Å². The van der Waals surface area contributed by atoms with Gasteiger partial charge in [-0.25, -0.2) is 0 Å². The van der Waals surface area contributed by atoms with E-state index in [4.69, 9.17) is 5.11 Å². The second-order valence-electron chi connectivity index (χ2n) is 4.52. The highest BCUT2D eigenvalue weighted by atomic mass is 16.4. The third kappa shape index (κ3) is 3.03. The molecule has 104 valence electrons. The van der Waals surface area contributed by atoms with Crippen LogP contribution in [0, 0.1) is 13.8 Å². The van der Waals surface area contributed by atoms with Crippen molar-refractivity contribution >= 4 is 17.6 Å².